The van der Waals surface area contributed by atoms with E-state index in [-0.39, 0.29) is 18.9 Å². The molecular formula is C24H25N5O5. The van der Waals surface area contributed by atoms with E-state index in [1.807, 2.05) is 36.4 Å². The molecule has 0 radical (unpaired) electrons. The number of nitrogens with one attached hydrogen (secondary N) is 1. The molecule has 4 rings (SSSR count). The lowest BCUT2D eigenvalue weighted by atomic mass is 10.1. The van der Waals surface area contributed by atoms with Crippen molar-refractivity contribution in [1.29, 1.82) is 0 Å². The first-order valence-electron chi connectivity index (χ1n) is 10.6. The van der Waals surface area contributed by atoms with E-state index < -0.39 is 0 Å². The molecule has 0 atom stereocenters. The lowest BCUT2D eigenvalue weighted by Gasteiger charge is -2.10. The van der Waals surface area contributed by atoms with Crippen LogP contribution in [0.4, 0.5) is 0 Å². The van der Waals surface area contributed by atoms with E-state index in [4.69, 9.17) is 18.9 Å². The summed E-state index contributed by atoms with van der Waals surface area (Å²) in [6.07, 6.45) is 0.224. The standard InChI is InChI=1S/C24H25N5O5/c1-31-17-8-9-18(20(15-17)33-3)24-27-26-21-10-11-23(28-29(21)24)34-13-12-25-22(30)14-16-6-4-5-7-19(16)32-2/h4-11,15H,12-14H2,1-3H3,(H,25,30). The van der Waals surface area contributed by atoms with Crippen LogP contribution in [0, 0.1) is 0 Å². The lowest BCUT2D eigenvalue weighted by Crippen LogP contribution is -2.29. The molecule has 0 spiro atoms. The minimum absolute atomic E-state index is 0.121. The Morgan fingerprint density at radius 2 is 1.76 bits per heavy atom. The maximum absolute atomic E-state index is 12.3. The van der Waals surface area contributed by atoms with Crippen molar-refractivity contribution < 1.29 is 23.7 Å². The van der Waals surface area contributed by atoms with Crippen LogP contribution in [0.2, 0.25) is 0 Å². The molecule has 2 aromatic carbocycles. The Morgan fingerprint density at radius 3 is 2.56 bits per heavy atom. The van der Waals surface area contributed by atoms with Crippen LogP contribution in [-0.2, 0) is 11.2 Å². The molecule has 10 nitrogen and oxygen atoms in total. The van der Waals surface area contributed by atoms with Gasteiger partial charge in [0, 0.05) is 17.7 Å². The number of aromatic nitrogens is 4. The van der Waals surface area contributed by atoms with Crippen LogP contribution in [0.1, 0.15) is 5.56 Å². The molecule has 4 aromatic rings. The number of carbonyl (C=O) groups excluding carboxylic acids is 1. The topological polar surface area (TPSA) is 109 Å². The third-order valence-electron chi connectivity index (χ3n) is 5.11. The van der Waals surface area contributed by atoms with Crippen molar-refractivity contribution in [3.8, 4) is 34.5 Å². The summed E-state index contributed by atoms with van der Waals surface area (Å²) in [5.41, 5.74) is 2.10. The highest BCUT2D eigenvalue weighted by atomic mass is 16.5. The van der Waals surface area contributed by atoms with Gasteiger partial charge in [-0.3, -0.25) is 4.79 Å². The van der Waals surface area contributed by atoms with Crippen molar-refractivity contribution in [3.05, 3.63) is 60.2 Å². The van der Waals surface area contributed by atoms with E-state index in [1.54, 1.807) is 44.0 Å². The highest BCUT2D eigenvalue weighted by molar-refractivity contribution is 5.79. The number of ether oxygens (including phenoxy) is 4. The average molecular weight is 463 g/mol. The van der Waals surface area contributed by atoms with E-state index in [0.717, 1.165) is 5.56 Å². The van der Waals surface area contributed by atoms with Gasteiger partial charge in [-0.25, -0.2) is 0 Å². The molecule has 0 saturated carbocycles. The minimum atomic E-state index is -0.121. The first-order valence-corrected chi connectivity index (χ1v) is 10.6. The first kappa shape index (κ1) is 22.8. The molecule has 0 aliphatic rings. The lowest BCUT2D eigenvalue weighted by molar-refractivity contribution is -0.120. The van der Waals surface area contributed by atoms with Crippen LogP contribution in [0.3, 0.4) is 0 Å². The monoisotopic (exact) mass is 463 g/mol. The van der Waals surface area contributed by atoms with Crippen LogP contribution >= 0.6 is 0 Å². The van der Waals surface area contributed by atoms with Crippen LogP contribution in [0.25, 0.3) is 17.0 Å². The summed E-state index contributed by atoms with van der Waals surface area (Å²) in [6, 6.07) is 16.3. The molecule has 176 valence electrons. The van der Waals surface area contributed by atoms with Gasteiger partial charge in [0.2, 0.25) is 11.8 Å². The Bertz CT molecular complexity index is 1290. The minimum Gasteiger partial charge on any atom is -0.497 e. The van der Waals surface area contributed by atoms with Gasteiger partial charge in [0.1, 0.15) is 23.9 Å². The number of hydrogen-bond acceptors (Lipinski definition) is 8. The van der Waals surface area contributed by atoms with Gasteiger partial charge in [0.05, 0.1) is 39.9 Å². The van der Waals surface area contributed by atoms with E-state index in [0.29, 0.717) is 46.7 Å². The van der Waals surface area contributed by atoms with Crippen molar-refractivity contribution in [3.63, 3.8) is 0 Å². The van der Waals surface area contributed by atoms with Crippen LogP contribution in [-0.4, -0.2) is 60.2 Å². The number of rotatable bonds is 10. The van der Waals surface area contributed by atoms with Gasteiger partial charge < -0.3 is 24.3 Å². The first-order chi connectivity index (χ1) is 16.6. The molecule has 2 aromatic heterocycles. The number of methoxy groups -OCH3 is 3. The highest BCUT2D eigenvalue weighted by Gasteiger charge is 2.16. The molecule has 10 heteroatoms. The third-order valence-corrected chi connectivity index (χ3v) is 5.11. The summed E-state index contributed by atoms with van der Waals surface area (Å²) in [4.78, 5) is 12.3. The predicted octanol–water partition coefficient (Wildman–Crippen LogP) is 2.55. The second-order valence-electron chi connectivity index (χ2n) is 7.22. The number of carbonyl (C=O) groups is 1. The van der Waals surface area contributed by atoms with Gasteiger partial charge >= 0.3 is 0 Å². The number of fused-ring (bicyclic) bond motifs is 1. The molecule has 2 heterocycles. The largest absolute Gasteiger partial charge is 0.497 e. The van der Waals surface area contributed by atoms with Gasteiger partial charge in [-0.15, -0.1) is 15.3 Å². The summed E-state index contributed by atoms with van der Waals surface area (Å²) in [5.74, 6) is 2.69. The molecule has 0 bridgehead atoms. The Hall–Kier alpha value is -4.34. The molecule has 1 amide bonds. The van der Waals surface area contributed by atoms with E-state index in [1.165, 1.54) is 0 Å². The third kappa shape index (κ3) is 5.01. The summed E-state index contributed by atoms with van der Waals surface area (Å²) >= 11 is 0. The fourth-order valence-electron chi connectivity index (χ4n) is 3.43. The van der Waals surface area contributed by atoms with Crippen LogP contribution in [0.15, 0.2) is 54.6 Å². The van der Waals surface area contributed by atoms with Crippen LogP contribution in [0.5, 0.6) is 23.1 Å². The quantitative estimate of drug-likeness (QED) is 0.358. The zero-order valence-electron chi connectivity index (χ0n) is 19.1. The van der Waals surface area contributed by atoms with Crippen molar-refractivity contribution >= 4 is 11.6 Å². The summed E-state index contributed by atoms with van der Waals surface area (Å²) in [6.45, 7) is 0.578. The summed E-state index contributed by atoms with van der Waals surface area (Å²) in [5, 5.41) is 15.8. The van der Waals surface area contributed by atoms with Crippen molar-refractivity contribution in [1.82, 2.24) is 25.1 Å². The number of para-hydroxylation sites is 1. The smallest absolute Gasteiger partial charge is 0.231 e. The second kappa shape index (κ2) is 10.5. The number of amides is 1. The predicted molar refractivity (Wildman–Crippen MR) is 125 cm³/mol. The molecule has 34 heavy (non-hydrogen) atoms. The Morgan fingerprint density at radius 1 is 0.941 bits per heavy atom. The van der Waals surface area contributed by atoms with Gasteiger partial charge in [0.15, 0.2) is 11.5 Å². The van der Waals surface area contributed by atoms with Gasteiger partial charge in [-0.1, -0.05) is 18.2 Å². The van der Waals surface area contributed by atoms with E-state index in [2.05, 4.69) is 20.6 Å². The zero-order valence-corrected chi connectivity index (χ0v) is 19.1. The Kier molecular flexibility index (Phi) is 7.07. The molecule has 0 saturated heterocycles. The van der Waals surface area contributed by atoms with Gasteiger partial charge in [-0.05, 0) is 24.3 Å². The summed E-state index contributed by atoms with van der Waals surface area (Å²) in [7, 11) is 4.75. The zero-order chi connectivity index (χ0) is 23.9. The SMILES string of the molecule is COc1ccc(-c2nnc3ccc(OCCNC(=O)Cc4ccccc4OC)nn23)c(OC)c1. The molecule has 0 unspecified atom stereocenters. The highest BCUT2D eigenvalue weighted by Crippen LogP contribution is 2.32. The fourth-order valence-corrected chi connectivity index (χ4v) is 3.43. The van der Waals surface area contributed by atoms with Crippen molar-refractivity contribution in [2.24, 2.45) is 0 Å². The van der Waals surface area contributed by atoms with Crippen LogP contribution < -0.4 is 24.3 Å². The van der Waals surface area contributed by atoms with Crippen molar-refractivity contribution in [2.75, 3.05) is 34.5 Å². The normalized spacial score (nSPS) is 10.7. The van der Waals surface area contributed by atoms with Crippen molar-refractivity contribution in [2.45, 2.75) is 6.42 Å². The molecular weight excluding hydrogens is 438 g/mol. The maximum atomic E-state index is 12.3. The summed E-state index contributed by atoms with van der Waals surface area (Å²) < 4.78 is 23.3. The maximum Gasteiger partial charge on any atom is 0.231 e. The average Bonchev–Trinajstić information content (AvgIpc) is 3.29. The Labute approximate surface area is 196 Å². The number of hydrogen-bond donors (Lipinski definition) is 1. The molecule has 0 aliphatic carbocycles. The molecule has 0 aliphatic heterocycles. The Balaban J connectivity index is 1.40. The van der Waals surface area contributed by atoms with Gasteiger partial charge in [-0.2, -0.15) is 4.52 Å². The second-order valence-corrected chi connectivity index (χ2v) is 7.22. The van der Waals surface area contributed by atoms with Gasteiger partial charge in [0.25, 0.3) is 0 Å². The molecule has 1 N–H and O–H groups in total. The number of benzene rings is 2. The number of nitrogens with zero attached hydrogens (tertiary/aromatic N) is 4. The van der Waals surface area contributed by atoms with E-state index in [9.17, 15) is 4.79 Å². The fraction of sp³-hybridized carbons (Fsp3) is 0.250. The van der Waals surface area contributed by atoms with E-state index >= 15 is 0 Å². The molecule has 0 fully saturated rings.